The van der Waals surface area contributed by atoms with Gasteiger partial charge >= 0.3 is 5.97 Å². The van der Waals surface area contributed by atoms with E-state index < -0.39 is 0 Å². The summed E-state index contributed by atoms with van der Waals surface area (Å²) in [5, 5.41) is 0.764. The van der Waals surface area contributed by atoms with E-state index in [0.29, 0.717) is 26.2 Å². The summed E-state index contributed by atoms with van der Waals surface area (Å²) in [7, 11) is 3.39. The number of thioether (sulfide) groups is 1. The Morgan fingerprint density at radius 2 is 2.20 bits per heavy atom. The summed E-state index contributed by atoms with van der Waals surface area (Å²) in [6.45, 7) is 2.23. The molecule has 8 heteroatoms. The number of likely N-dealkylation sites (N-methyl/N-ethyl adjacent to an activating group) is 1. The molecule has 1 aromatic carbocycles. The Labute approximate surface area is 155 Å². The van der Waals surface area contributed by atoms with Gasteiger partial charge in [0, 0.05) is 18.8 Å². The second kappa shape index (κ2) is 8.16. The monoisotopic (exact) mass is 380 g/mol. The highest BCUT2D eigenvalue weighted by Gasteiger charge is 2.30. The quantitative estimate of drug-likeness (QED) is 0.762. The SMILES string of the molecule is COC(=O)[C@@H]1CN(C(=O)C[NH+](C)Cc2nc3ccccc3s2)CCS1. The Morgan fingerprint density at radius 3 is 2.96 bits per heavy atom. The lowest BCUT2D eigenvalue weighted by Crippen LogP contribution is -3.09. The van der Waals surface area contributed by atoms with Gasteiger partial charge in [0.1, 0.15) is 16.8 Å². The van der Waals surface area contributed by atoms with Crippen LogP contribution in [0.1, 0.15) is 5.01 Å². The lowest BCUT2D eigenvalue weighted by atomic mass is 10.3. The van der Waals surface area contributed by atoms with E-state index in [4.69, 9.17) is 4.74 Å². The smallest absolute Gasteiger partial charge is 0.320 e. The van der Waals surface area contributed by atoms with E-state index in [9.17, 15) is 9.59 Å². The summed E-state index contributed by atoms with van der Waals surface area (Å²) >= 11 is 3.23. The number of amides is 1. The number of thiazole rings is 1. The van der Waals surface area contributed by atoms with E-state index in [1.807, 2.05) is 25.2 Å². The van der Waals surface area contributed by atoms with Crippen molar-refractivity contribution in [1.82, 2.24) is 9.88 Å². The van der Waals surface area contributed by atoms with Crippen molar-refractivity contribution in [2.45, 2.75) is 11.8 Å². The van der Waals surface area contributed by atoms with Gasteiger partial charge in [-0.25, -0.2) is 4.98 Å². The first-order valence-corrected chi connectivity index (χ1v) is 10.1. The number of quaternary nitrogens is 1. The summed E-state index contributed by atoms with van der Waals surface area (Å²) in [4.78, 5) is 31.7. The molecule has 3 rings (SSSR count). The van der Waals surface area contributed by atoms with Crippen LogP contribution in [0, 0.1) is 0 Å². The van der Waals surface area contributed by atoms with E-state index in [-0.39, 0.29) is 17.1 Å². The third-order valence-electron chi connectivity index (χ3n) is 4.13. The molecule has 0 radical (unpaired) electrons. The van der Waals surface area contributed by atoms with Crippen molar-refractivity contribution in [3.63, 3.8) is 0 Å². The summed E-state index contributed by atoms with van der Waals surface area (Å²) in [5.74, 6) is 0.591. The maximum atomic E-state index is 12.6. The number of hydrogen-bond donors (Lipinski definition) is 1. The molecule has 0 bridgehead atoms. The zero-order chi connectivity index (χ0) is 17.8. The van der Waals surface area contributed by atoms with E-state index >= 15 is 0 Å². The van der Waals surface area contributed by atoms with Gasteiger partial charge in [-0.05, 0) is 12.1 Å². The molecular weight excluding hydrogens is 358 g/mol. The van der Waals surface area contributed by atoms with Gasteiger partial charge in [-0.2, -0.15) is 0 Å². The molecule has 1 unspecified atom stereocenters. The van der Waals surface area contributed by atoms with Gasteiger partial charge in [-0.3, -0.25) is 9.59 Å². The predicted octanol–water partition coefficient (Wildman–Crippen LogP) is 0.428. The van der Waals surface area contributed by atoms with Gasteiger partial charge in [0.15, 0.2) is 6.54 Å². The number of carbonyl (C=O) groups is 2. The van der Waals surface area contributed by atoms with Gasteiger partial charge in [0.2, 0.25) is 0 Å². The third-order valence-corrected chi connectivity index (χ3v) is 6.33. The Kier molecular flexibility index (Phi) is 5.93. The van der Waals surface area contributed by atoms with Crippen molar-refractivity contribution in [2.75, 3.05) is 39.5 Å². The number of methoxy groups -OCH3 is 1. The third kappa shape index (κ3) is 4.50. The van der Waals surface area contributed by atoms with Crippen LogP contribution >= 0.6 is 23.1 Å². The molecule has 134 valence electrons. The van der Waals surface area contributed by atoms with Crippen LogP contribution in [0.5, 0.6) is 0 Å². The molecule has 1 fully saturated rings. The maximum Gasteiger partial charge on any atom is 0.320 e. The number of fused-ring (bicyclic) bond motifs is 1. The van der Waals surface area contributed by atoms with Crippen LogP contribution in [0.3, 0.4) is 0 Å². The minimum absolute atomic E-state index is 0.0767. The average Bonchev–Trinajstić information content (AvgIpc) is 3.03. The highest BCUT2D eigenvalue weighted by atomic mass is 32.2. The number of ether oxygens (including phenoxy) is 1. The average molecular weight is 381 g/mol. The molecule has 0 spiro atoms. The molecule has 1 aliphatic rings. The molecule has 1 aromatic heterocycles. The zero-order valence-electron chi connectivity index (χ0n) is 14.4. The summed E-state index contributed by atoms with van der Waals surface area (Å²) in [6.07, 6.45) is 0. The van der Waals surface area contributed by atoms with Crippen molar-refractivity contribution in [3.05, 3.63) is 29.3 Å². The fourth-order valence-electron chi connectivity index (χ4n) is 2.84. The van der Waals surface area contributed by atoms with Crippen molar-refractivity contribution in [2.24, 2.45) is 0 Å². The minimum atomic E-state index is -0.271. The standard InChI is InChI=1S/C17H21N3O3S2/c1-19(10-15-18-12-5-3-4-6-13(12)25-15)11-16(21)20-7-8-24-14(9-20)17(22)23-2/h3-6,14H,7-11H2,1-2H3/p+1/t14-/m0/s1. The second-order valence-corrected chi connectivity index (χ2v) is 8.53. The first-order valence-electron chi connectivity index (χ1n) is 8.20. The molecule has 25 heavy (non-hydrogen) atoms. The normalized spacial score (nSPS) is 19.0. The number of aromatic nitrogens is 1. The number of esters is 1. The van der Waals surface area contributed by atoms with Crippen LogP contribution in [0.15, 0.2) is 24.3 Å². The first kappa shape index (κ1) is 18.2. The summed E-state index contributed by atoms with van der Waals surface area (Å²) in [6, 6.07) is 8.07. The molecule has 2 heterocycles. The molecule has 1 saturated heterocycles. The molecule has 1 amide bonds. The lowest BCUT2D eigenvalue weighted by Gasteiger charge is -2.31. The highest BCUT2D eigenvalue weighted by molar-refractivity contribution is 8.00. The van der Waals surface area contributed by atoms with Gasteiger partial charge in [-0.1, -0.05) is 12.1 Å². The van der Waals surface area contributed by atoms with Crippen LogP contribution in [-0.2, 0) is 20.9 Å². The van der Waals surface area contributed by atoms with Gasteiger partial charge in [0.05, 0.1) is 24.4 Å². The van der Waals surface area contributed by atoms with E-state index in [2.05, 4.69) is 11.1 Å². The largest absolute Gasteiger partial charge is 0.468 e. The first-order chi connectivity index (χ1) is 12.1. The minimum Gasteiger partial charge on any atom is -0.468 e. The maximum absolute atomic E-state index is 12.6. The fraction of sp³-hybridized carbons (Fsp3) is 0.471. The van der Waals surface area contributed by atoms with Crippen molar-refractivity contribution < 1.29 is 19.2 Å². The number of para-hydroxylation sites is 1. The molecule has 1 aliphatic heterocycles. The van der Waals surface area contributed by atoms with Crippen LogP contribution in [0.4, 0.5) is 0 Å². The van der Waals surface area contributed by atoms with Crippen LogP contribution < -0.4 is 4.90 Å². The molecule has 6 nitrogen and oxygen atoms in total. The Bertz CT molecular complexity index is 731. The lowest BCUT2D eigenvalue weighted by molar-refractivity contribution is -0.885. The van der Waals surface area contributed by atoms with Crippen molar-refractivity contribution >= 4 is 45.2 Å². The Morgan fingerprint density at radius 1 is 1.40 bits per heavy atom. The highest BCUT2D eigenvalue weighted by Crippen LogP contribution is 2.21. The zero-order valence-corrected chi connectivity index (χ0v) is 16.0. The molecule has 0 aliphatic carbocycles. The summed E-state index contributed by atoms with van der Waals surface area (Å²) in [5.41, 5.74) is 1.01. The van der Waals surface area contributed by atoms with Gasteiger partial charge < -0.3 is 14.5 Å². The number of hydrogen-bond acceptors (Lipinski definition) is 6. The van der Waals surface area contributed by atoms with Crippen LogP contribution in [0.25, 0.3) is 10.2 Å². The number of nitrogens with one attached hydrogen (secondary N) is 1. The number of benzene rings is 1. The Balaban J connectivity index is 1.55. The van der Waals surface area contributed by atoms with Gasteiger partial charge in [-0.15, -0.1) is 23.1 Å². The molecule has 0 saturated carbocycles. The van der Waals surface area contributed by atoms with Crippen molar-refractivity contribution in [1.29, 1.82) is 0 Å². The van der Waals surface area contributed by atoms with Crippen LogP contribution in [0.2, 0.25) is 0 Å². The fourth-order valence-corrected chi connectivity index (χ4v) is 5.05. The van der Waals surface area contributed by atoms with E-state index in [1.165, 1.54) is 11.8 Å². The number of nitrogens with zero attached hydrogens (tertiary/aromatic N) is 2. The van der Waals surface area contributed by atoms with Gasteiger partial charge in [0.25, 0.3) is 5.91 Å². The molecule has 1 N–H and O–H groups in total. The van der Waals surface area contributed by atoms with E-state index in [1.54, 1.807) is 28.0 Å². The summed E-state index contributed by atoms with van der Waals surface area (Å²) < 4.78 is 5.97. The second-order valence-electron chi connectivity index (χ2n) is 6.11. The van der Waals surface area contributed by atoms with Crippen LogP contribution in [-0.4, -0.2) is 66.6 Å². The van der Waals surface area contributed by atoms with Crippen molar-refractivity contribution in [3.8, 4) is 0 Å². The number of carbonyl (C=O) groups excluding carboxylic acids is 2. The Hall–Kier alpha value is -1.64. The number of rotatable bonds is 5. The molecule has 2 aromatic rings. The predicted molar refractivity (Wildman–Crippen MR) is 99.9 cm³/mol. The topological polar surface area (TPSA) is 63.9 Å². The van der Waals surface area contributed by atoms with E-state index in [0.717, 1.165) is 21.2 Å². The molecule has 2 atom stereocenters. The molecular formula is C17H22N3O3S2+.